The van der Waals surface area contributed by atoms with Crippen LogP contribution in [0.3, 0.4) is 0 Å². The Morgan fingerprint density at radius 2 is 1.82 bits per heavy atom. The zero-order valence-electron chi connectivity index (χ0n) is 40.6. The number of nitrogens with one attached hydrogen (secondary N) is 2. The molecule has 67 heavy (non-hydrogen) atoms. The number of methoxy groups -OCH3 is 1. The topological polar surface area (TPSA) is 137 Å². The Balaban J connectivity index is 1.08. The van der Waals surface area contributed by atoms with E-state index in [1.54, 1.807) is 23.5 Å². The predicted molar refractivity (Wildman–Crippen MR) is 259 cm³/mol. The number of likely N-dealkylation sites (N-methyl/N-ethyl adjacent to an activating group) is 1. The minimum atomic E-state index is -0.922. The molecular weight excluding hydrogens is 863 g/mol. The molecule has 0 radical (unpaired) electrons. The van der Waals surface area contributed by atoms with E-state index in [4.69, 9.17) is 19.4 Å². The van der Waals surface area contributed by atoms with Gasteiger partial charge in [0.2, 0.25) is 5.91 Å². The van der Waals surface area contributed by atoms with Crippen LogP contribution in [0.5, 0.6) is 0 Å². The van der Waals surface area contributed by atoms with Gasteiger partial charge in [0, 0.05) is 103 Å². The molecule has 4 saturated heterocycles. The summed E-state index contributed by atoms with van der Waals surface area (Å²) in [4.78, 5) is 61.3. The summed E-state index contributed by atoms with van der Waals surface area (Å²) < 4.78 is 14.9. The van der Waals surface area contributed by atoms with E-state index < -0.39 is 23.5 Å². The number of ether oxygens (including phenoxy) is 2. The number of nitrogens with zero attached hydrogens (tertiary/aromatic N) is 7. The maximum absolute atomic E-state index is 15.2. The van der Waals surface area contributed by atoms with Gasteiger partial charge in [-0.2, -0.15) is 0 Å². The molecule has 14 nitrogen and oxygen atoms in total. The smallest absolute Gasteiger partial charge is 0.324 e. The van der Waals surface area contributed by atoms with Crippen molar-refractivity contribution in [2.24, 2.45) is 35.0 Å². The van der Waals surface area contributed by atoms with Gasteiger partial charge in [-0.25, -0.2) is 10.4 Å². The van der Waals surface area contributed by atoms with E-state index in [1.165, 1.54) is 16.8 Å². The van der Waals surface area contributed by atoms with Crippen LogP contribution in [0.1, 0.15) is 101 Å². The van der Waals surface area contributed by atoms with Crippen molar-refractivity contribution in [1.82, 2.24) is 45.0 Å². The van der Waals surface area contributed by atoms with Crippen LogP contribution in [-0.2, 0) is 30.3 Å². The average molecular weight is 932 g/mol. The van der Waals surface area contributed by atoms with E-state index in [-0.39, 0.29) is 53.8 Å². The van der Waals surface area contributed by atoms with Crippen LogP contribution in [0.4, 0.5) is 0 Å². The van der Waals surface area contributed by atoms with Crippen LogP contribution >= 0.6 is 11.3 Å². The van der Waals surface area contributed by atoms with Crippen molar-refractivity contribution in [1.29, 1.82) is 0 Å². The molecule has 11 rings (SSSR count). The molecule has 1 aromatic carbocycles. The fraction of sp³-hybridized carbons (Fsp3) is 0.635. The second-order valence-corrected chi connectivity index (χ2v) is 23.3. The molecule has 358 valence electrons. The lowest BCUT2D eigenvalue weighted by Gasteiger charge is -2.63. The SMILES string of the molecule is CO[C@@H](C)c1ncccc1-c1c2c3cc(ccc3n1C1C[C@@H]3CN(C)C[C@@H]3C1)-c1csc(n1)[C@@H](N1CC3(CCN3C)C1)[C@H](NC(=O)C1[C@@H](C)[C@H]1C)C(=O)N1CCC[C@H](N1)C(=O)OCC(C)(C)C2. The first-order valence-corrected chi connectivity index (χ1v) is 25.8. The zero-order valence-corrected chi connectivity index (χ0v) is 41.4. The fourth-order valence-corrected chi connectivity index (χ4v) is 14.0. The number of hydrogen-bond acceptors (Lipinski definition) is 12. The van der Waals surface area contributed by atoms with E-state index in [0.717, 1.165) is 84.9 Å². The summed E-state index contributed by atoms with van der Waals surface area (Å²) in [6.07, 6.45) is 6.74. The molecule has 15 heteroatoms. The molecule has 5 aliphatic heterocycles. The van der Waals surface area contributed by atoms with Crippen LogP contribution in [0.25, 0.3) is 33.4 Å². The van der Waals surface area contributed by atoms with E-state index >= 15 is 4.79 Å². The van der Waals surface area contributed by atoms with Crippen molar-refractivity contribution >= 4 is 40.0 Å². The summed E-state index contributed by atoms with van der Waals surface area (Å²) >= 11 is 1.56. The standard InChI is InChI=1S/C52H69N9O5S/c1-29-30(2)42(29)47(62)55-44-46(59-26-52(27-59)15-18-58(52)7)48-54-40(25-67-48)32-13-14-41-37(21-32)38(22-51(4,5)28-66-50(64)39-12-10-17-60(56-39)49(44)63)45(36-11-9-16-53-43(36)31(3)65-8)61(41)35-19-33-23-57(6)24-34(33)20-35/h9,11,13-14,16,21,25,29-31,33-35,39,42,44,46,56H,10,12,15,17-20,22-24,26-28H2,1-8H3,(H,55,62)/t29-,30+,31-,33-,34+,35?,39-,42?,44-,46-/m0/s1. The lowest BCUT2D eigenvalue weighted by Crippen LogP contribution is -2.77. The summed E-state index contributed by atoms with van der Waals surface area (Å²) in [5.74, 6) is 0.886. The van der Waals surface area contributed by atoms with Gasteiger partial charge < -0.3 is 24.3 Å². The third kappa shape index (κ3) is 7.83. The van der Waals surface area contributed by atoms with Gasteiger partial charge in [0.1, 0.15) is 17.1 Å². The van der Waals surface area contributed by atoms with E-state index in [9.17, 15) is 9.59 Å². The Hall–Kier alpha value is -4.25. The fourth-order valence-electron chi connectivity index (χ4n) is 13.0. The zero-order chi connectivity index (χ0) is 46.7. The monoisotopic (exact) mass is 932 g/mol. The van der Waals surface area contributed by atoms with Gasteiger partial charge in [0.15, 0.2) is 0 Å². The highest BCUT2D eigenvalue weighted by Gasteiger charge is 2.57. The third-order valence-electron chi connectivity index (χ3n) is 17.4. The van der Waals surface area contributed by atoms with Crippen LogP contribution in [-0.4, -0.2) is 137 Å². The van der Waals surface area contributed by atoms with Crippen molar-refractivity contribution in [2.45, 2.75) is 109 Å². The molecule has 6 fully saturated rings. The molecule has 2 amide bonds. The molecule has 7 aliphatic rings. The lowest BCUT2D eigenvalue weighted by atomic mass is 9.76. The minimum Gasteiger partial charge on any atom is -0.464 e. The highest BCUT2D eigenvalue weighted by Crippen LogP contribution is 2.51. The summed E-state index contributed by atoms with van der Waals surface area (Å²) in [6.45, 7) is 16.1. The number of thiazole rings is 1. The molecule has 2 saturated carbocycles. The van der Waals surface area contributed by atoms with Crippen LogP contribution in [0.15, 0.2) is 41.9 Å². The molecule has 8 heterocycles. The molecule has 4 aromatic rings. The number of hydrogen-bond donors (Lipinski definition) is 2. The normalized spacial score (nSPS) is 32.4. The van der Waals surface area contributed by atoms with Gasteiger partial charge in [-0.05, 0) is 113 Å². The molecule has 2 aliphatic carbocycles. The highest BCUT2D eigenvalue weighted by molar-refractivity contribution is 7.10. The number of benzene rings is 1. The van der Waals surface area contributed by atoms with E-state index in [2.05, 4.69) is 108 Å². The van der Waals surface area contributed by atoms with Crippen molar-refractivity contribution < 1.29 is 23.9 Å². The molecule has 2 N–H and O–H groups in total. The van der Waals surface area contributed by atoms with Crippen molar-refractivity contribution in [3.63, 3.8) is 0 Å². The Bertz CT molecular complexity index is 2560. The second-order valence-electron chi connectivity index (χ2n) is 22.4. The summed E-state index contributed by atoms with van der Waals surface area (Å²) in [5.41, 5.74) is 10.3. The molecule has 1 spiro atoms. The quantitative estimate of drug-likeness (QED) is 0.197. The molecule has 2 unspecified atom stereocenters. The number of amides is 2. The molecular formula is C52H69N9O5S. The van der Waals surface area contributed by atoms with E-state index in [0.29, 0.717) is 43.7 Å². The number of esters is 1. The Morgan fingerprint density at radius 3 is 2.51 bits per heavy atom. The number of cyclic esters (lactones) is 1. The molecule has 6 bridgehead atoms. The number of carbonyl (C=O) groups excluding carboxylic acids is 3. The van der Waals surface area contributed by atoms with Gasteiger partial charge >= 0.3 is 5.97 Å². The average Bonchev–Trinajstić information content (AvgIpc) is 3.83. The second kappa shape index (κ2) is 17.0. The van der Waals surface area contributed by atoms with Crippen molar-refractivity contribution in [3.05, 3.63) is 58.2 Å². The first-order valence-electron chi connectivity index (χ1n) is 24.9. The number of fused-ring (bicyclic) bond motifs is 7. The summed E-state index contributed by atoms with van der Waals surface area (Å²) in [6, 6.07) is 9.24. The molecule has 10 atom stereocenters. The van der Waals surface area contributed by atoms with Crippen LogP contribution < -0.4 is 10.7 Å². The van der Waals surface area contributed by atoms with Gasteiger partial charge in [-0.3, -0.25) is 34.2 Å². The van der Waals surface area contributed by atoms with Gasteiger partial charge in [0.05, 0.1) is 35.8 Å². The number of carbonyl (C=O) groups is 3. The minimum absolute atomic E-state index is 0.0601. The Morgan fingerprint density at radius 1 is 1.06 bits per heavy atom. The summed E-state index contributed by atoms with van der Waals surface area (Å²) in [7, 11) is 6.17. The van der Waals surface area contributed by atoms with Gasteiger partial charge in [0.25, 0.3) is 5.91 Å². The molecule has 3 aromatic heterocycles. The van der Waals surface area contributed by atoms with Gasteiger partial charge in [-0.1, -0.05) is 33.8 Å². The number of pyridine rings is 1. The van der Waals surface area contributed by atoms with Crippen LogP contribution in [0, 0.1) is 35.0 Å². The number of aromatic nitrogens is 3. The highest BCUT2D eigenvalue weighted by atomic mass is 32.1. The van der Waals surface area contributed by atoms with Gasteiger partial charge in [-0.15, -0.1) is 11.3 Å². The predicted octanol–water partition coefficient (Wildman–Crippen LogP) is 6.49. The maximum Gasteiger partial charge on any atom is 0.324 e. The summed E-state index contributed by atoms with van der Waals surface area (Å²) in [5, 5.41) is 8.99. The van der Waals surface area contributed by atoms with Crippen LogP contribution in [0.2, 0.25) is 0 Å². The Labute approximate surface area is 399 Å². The lowest BCUT2D eigenvalue weighted by molar-refractivity contribution is -0.159. The largest absolute Gasteiger partial charge is 0.464 e. The number of rotatable bonds is 7. The van der Waals surface area contributed by atoms with Crippen molar-refractivity contribution in [2.75, 3.05) is 67.1 Å². The Kier molecular flexibility index (Phi) is 11.5. The first kappa shape index (κ1) is 45.2. The van der Waals surface area contributed by atoms with Crippen molar-refractivity contribution in [3.8, 4) is 22.5 Å². The van der Waals surface area contributed by atoms with E-state index in [1.807, 2.05) is 12.3 Å². The third-order valence-corrected chi connectivity index (χ3v) is 18.3. The number of likely N-dealkylation sites (tertiary alicyclic amines) is 3. The maximum atomic E-state index is 15.2. The number of hydrazine groups is 1. The first-order chi connectivity index (χ1) is 32.1.